The van der Waals surface area contributed by atoms with Crippen molar-refractivity contribution in [1.82, 2.24) is 4.90 Å². The highest BCUT2D eigenvalue weighted by molar-refractivity contribution is 6.10. The molecule has 210 valence electrons. The molecule has 5 aliphatic rings. The zero-order valence-corrected chi connectivity index (χ0v) is 22.7. The predicted octanol–water partition coefficient (Wildman–Crippen LogP) is 5.22. The molecule has 2 aromatic carbocycles. The lowest BCUT2D eigenvalue weighted by molar-refractivity contribution is -0.156. The third-order valence-corrected chi connectivity index (χ3v) is 9.77. The predicted molar refractivity (Wildman–Crippen MR) is 146 cm³/mol. The quantitative estimate of drug-likeness (QED) is 0.555. The van der Waals surface area contributed by atoms with Gasteiger partial charge >= 0.3 is 5.97 Å². The largest absolute Gasteiger partial charge is 0.480 e. The summed E-state index contributed by atoms with van der Waals surface area (Å²) < 4.78 is 14.4. The van der Waals surface area contributed by atoms with Crippen LogP contribution in [0.3, 0.4) is 0 Å². The first-order valence-electron chi connectivity index (χ1n) is 14.3. The number of carboxylic acid groups (broad SMARTS) is 1. The van der Waals surface area contributed by atoms with Crippen LogP contribution in [0.5, 0.6) is 0 Å². The zero-order chi connectivity index (χ0) is 28.2. The van der Waals surface area contributed by atoms with Crippen LogP contribution in [-0.2, 0) is 20.9 Å². The lowest BCUT2D eigenvalue weighted by atomic mass is 9.48. The Kier molecular flexibility index (Phi) is 6.75. The molecule has 0 spiro atoms. The van der Waals surface area contributed by atoms with E-state index in [4.69, 9.17) is 0 Å². The second-order valence-electron chi connectivity index (χ2n) is 12.6. The topological polar surface area (TPSA) is 95.0 Å². The molecule has 4 aliphatic carbocycles. The number of rotatable bonds is 5. The summed E-state index contributed by atoms with van der Waals surface area (Å²) in [6, 6.07) is 10.4. The Morgan fingerprint density at radius 3 is 2.17 bits per heavy atom. The molecule has 40 heavy (non-hydrogen) atoms. The second-order valence-corrected chi connectivity index (χ2v) is 12.6. The average Bonchev–Trinajstić information content (AvgIpc) is 2.92. The molecule has 0 unspecified atom stereocenters. The standard InChI is InChI=1S/C32H35FN2O5/c1-19(36)35-27(31(39)40)13-29(37)25-12-24(33)7-8-26(25)34(18-20-5-3-2-4-6-20)30(38)28(35)17-32-14-21-9-22(15-32)11-23(10-21)16-32/h2-8,12,21-23,27-28H,9-11,13-18H2,1H3,(H,39,40)/t21?,22?,23?,27-,28+,32?/m0/s1. The minimum atomic E-state index is -1.53. The number of anilines is 1. The van der Waals surface area contributed by atoms with Gasteiger partial charge in [0.1, 0.15) is 17.9 Å². The summed E-state index contributed by atoms with van der Waals surface area (Å²) in [4.78, 5) is 56.8. The van der Waals surface area contributed by atoms with Gasteiger partial charge in [-0.15, -0.1) is 0 Å². The number of aliphatic carboxylic acids is 1. The maximum atomic E-state index is 14.8. The highest BCUT2D eigenvalue weighted by Crippen LogP contribution is 2.62. The maximum absolute atomic E-state index is 14.8. The van der Waals surface area contributed by atoms with Gasteiger partial charge in [0.2, 0.25) is 11.8 Å². The number of carboxylic acids is 1. The number of benzene rings is 2. The fraction of sp³-hybridized carbons (Fsp3) is 0.500. The first-order valence-corrected chi connectivity index (χ1v) is 14.3. The third-order valence-electron chi connectivity index (χ3n) is 9.77. The highest BCUT2D eigenvalue weighted by atomic mass is 19.1. The summed E-state index contributed by atoms with van der Waals surface area (Å²) in [6.45, 7) is 1.37. The Labute approximate surface area is 233 Å². The molecule has 8 heteroatoms. The average molecular weight is 547 g/mol. The first kappa shape index (κ1) is 26.7. The van der Waals surface area contributed by atoms with Crippen molar-refractivity contribution in [2.45, 2.75) is 76.9 Å². The SMILES string of the molecule is CC(=O)N1[C@H](CC23CC4CC(CC(C4)C2)C3)C(=O)N(Cc2ccccc2)c2ccc(F)cc2C(=O)C[C@H]1C(=O)O. The van der Waals surface area contributed by atoms with E-state index in [1.54, 1.807) is 0 Å². The number of halogens is 1. The van der Waals surface area contributed by atoms with Gasteiger partial charge in [-0.1, -0.05) is 30.3 Å². The van der Waals surface area contributed by atoms with Crippen molar-refractivity contribution in [2.75, 3.05) is 4.90 Å². The minimum Gasteiger partial charge on any atom is -0.480 e. The molecule has 7 rings (SSSR count). The monoisotopic (exact) mass is 546 g/mol. The number of carbonyl (C=O) groups is 4. The number of Topliss-reactive ketones (excluding diaryl/α,β-unsaturated/α-hetero) is 1. The van der Waals surface area contributed by atoms with E-state index in [0.717, 1.165) is 35.8 Å². The molecule has 0 saturated heterocycles. The van der Waals surface area contributed by atoms with Crippen LogP contribution in [0.2, 0.25) is 0 Å². The molecule has 2 amide bonds. The minimum absolute atomic E-state index is 0.0468. The fourth-order valence-corrected chi connectivity index (χ4v) is 8.70. The number of carbonyl (C=O) groups excluding carboxylic acids is 3. The molecule has 4 saturated carbocycles. The van der Waals surface area contributed by atoms with Crippen molar-refractivity contribution in [1.29, 1.82) is 0 Å². The normalized spacial score (nSPS) is 31.4. The van der Waals surface area contributed by atoms with Crippen LogP contribution in [0.25, 0.3) is 0 Å². The summed E-state index contributed by atoms with van der Waals surface area (Å²) in [6.07, 6.45) is 6.39. The van der Waals surface area contributed by atoms with E-state index in [-0.39, 0.29) is 23.2 Å². The van der Waals surface area contributed by atoms with Crippen LogP contribution in [0, 0.1) is 29.0 Å². The van der Waals surface area contributed by atoms with E-state index in [2.05, 4.69) is 0 Å². The summed E-state index contributed by atoms with van der Waals surface area (Å²) >= 11 is 0. The number of amides is 2. The zero-order valence-electron chi connectivity index (χ0n) is 22.7. The number of nitrogens with zero attached hydrogens (tertiary/aromatic N) is 2. The second kappa shape index (κ2) is 10.1. The highest BCUT2D eigenvalue weighted by Gasteiger charge is 2.54. The Morgan fingerprint density at radius 2 is 1.60 bits per heavy atom. The van der Waals surface area contributed by atoms with Gasteiger partial charge in [0.15, 0.2) is 5.78 Å². The van der Waals surface area contributed by atoms with E-state index in [1.807, 2.05) is 30.3 Å². The van der Waals surface area contributed by atoms with Crippen molar-refractivity contribution < 1.29 is 28.7 Å². The van der Waals surface area contributed by atoms with Crippen LogP contribution in [0.15, 0.2) is 48.5 Å². The molecule has 2 aromatic rings. The first-order chi connectivity index (χ1) is 19.1. The van der Waals surface area contributed by atoms with Crippen molar-refractivity contribution in [3.8, 4) is 0 Å². The summed E-state index contributed by atoms with van der Waals surface area (Å²) in [5.74, 6) is -1.79. The van der Waals surface area contributed by atoms with Crippen LogP contribution in [-0.4, -0.2) is 45.7 Å². The van der Waals surface area contributed by atoms with Gasteiger partial charge in [0.05, 0.1) is 12.2 Å². The molecular weight excluding hydrogens is 511 g/mol. The Bertz CT molecular complexity index is 1320. The molecule has 0 radical (unpaired) electrons. The van der Waals surface area contributed by atoms with Gasteiger partial charge in [-0.2, -0.15) is 0 Å². The molecule has 4 bridgehead atoms. The van der Waals surface area contributed by atoms with Crippen LogP contribution in [0.4, 0.5) is 10.1 Å². The molecule has 1 heterocycles. The number of ketones is 1. The molecule has 7 nitrogen and oxygen atoms in total. The Morgan fingerprint density at radius 1 is 0.975 bits per heavy atom. The maximum Gasteiger partial charge on any atom is 0.326 e. The molecule has 2 atom stereocenters. The summed E-state index contributed by atoms with van der Waals surface area (Å²) in [7, 11) is 0. The van der Waals surface area contributed by atoms with Crippen molar-refractivity contribution >= 4 is 29.3 Å². The van der Waals surface area contributed by atoms with Gasteiger partial charge in [0.25, 0.3) is 0 Å². The molecule has 1 N–H and O–H groups in total. The van der Waals surface area contributed by atoms with Gasteiger partial charge < -0.3 is 14.9 Å². The molecular formula is C32H35FN2O5. The van der Waals surface area contributed by atoms with E-state index in [9.17, 15) is 28.7 Å². The number of hydrogen-bond donors (Lipinski definition) is 1. The van der Waals surface area contributed by atoms with E-state index >= 15 is 0 Å². The van der Waals surface area contributed by atoms with Crippen LogP contribution >= 0.6 is 0 Å². The molecule has 4 fully saturated rings. The molecule has 1 aliphatic heterocycles. The third kappa shape index (κ3) is 4.82. The van der Waals surface area contributed by atoms with Gasteiger partial charge in [-0.05, 0) is 91.9 Å². The lowest BCUT2D eigenvalue weighted by Crippen LogP contribution is -2.59. The van der Waals surface area contributed by atoms with Crippen LogP contribution in [0.1, 0.15) is 74.2 Å². The number of hydrogen-bond acceptors (Lipinski definition) is 4. The van der Waals surface area contributed by atoms with Crippen molar-refractivity contribution in [3.05, 3.63) is 65.5 Å². The van der Waals surface area contributed by atoms with Crippen molar-refractivity contribution in [2.24, 2.45) is 23.2 Å². The van der Waals surface area contributed by atoms with E-state index in [0.29, 0.717) is 24.2 Å². The van der Waals surface area contributed by atoms with Gasteiger partial charge in [0, 0.05) is 18.9 Å². The van der Waals surface area contributed by atoms with E-state index < -0.39 is 47.9 Å². The van der Waals surface area contributed by atoms with Crippen LogP contribution < -0.4 is 4.90 Å². The van der Waals surface area contributed by atoms with Crippen molar-refractivity contribution in [3.63, 3.8) is 0 Å². The lowest BCUT2D eigenvalue weighted by Gasteiger charge is -2.58. The molecule has 0 aromatic heterocycles. The number of fused-ring (bicyclic) bond motifs is 1. The Balaban J connectivity index is 1.49. The summed E-state index contributed by atoms with van der Waals surface area (Å²) in [5, 5.41) is 10.3. The van der Waals surface area contributed by atoms with Gasteiger partial charge in [-0.3, -0.25) is 14.4 Å². The van der Waals surface area contributed by atoms with Gasteiger partial charge in [-0.25, -0.2) is 9.18 Å². The fourth-order valence-electron chi connectivity index (χ4n) is 8.70. The smallest absolute Gasteiger partial charge is 0.326 e. The summed E-state index contributed by atoms with van der Waals surface area (Å²) in [5.41, 5.74) is 0.851. The van der Waals surface area contributed by atoms with E-state index in [1.165, 1.54) is 43.2 Å². The Hall–Kier alpha value is -3.55.